The Morgan fingerprint density at radius 2 is 2.00 bits per heavy atom. The molecule has 2 rings (SSSR count). The molecule has 0 bridgehead atoms. The lowest BCUT2D eigenvalue weighted by Crippen LogP contribution is -2.29. The molecule has 4 nitrogen and oxygen atoms in total. The monoisotopic (exact) mass is 330 g/mol. The molecule has 6 heteroatoms. The molecule has 1 heterocycles. The molecular weight excluding hydrogens is 304 g/mol. The van der Waals surface area contributed by atoms with Crippen molar-refractivity contribution >= 4 is 21.4 Å². The first-order chi connectivity index (χ1) is 10.1. The number of hydrogen-bond acceptors (Lipinski definition) is 4. The first-order valence-corrected chi connectivity index (χ1v) is 10.2. The Hall–Kier alpha value is -0.430. The third kappa shape index (κ3) is 5.36. The van der Waals surface area contributed by atoms with Gasteiger partial charge in [0, 0.05) is 18.0 Å². The van der Waals surface area contributed by atoms with Crippen molar-refractivity contribution in [2.75, 3.05) is 13.1 Å². The molecule has 1 aromatic rings. The summed E-state index contributed by atoms with van der Waals surface area (Å²) in [6.07, 6.45) is 7.15. The van der Waals surface area contributed by atoms with Crippen LogP contribution in [0.3, 0.4) is 0 Å². The summed E-state index contributed by atoms with van der Waals surface area (Å²) in [6, 6.07) is 3.62. The van der Waals surface area contributed by atoms with Crippen molar-refractivity contribution < 1.29 is 8.42 Å². The van der Waals surface area contributed by atoms with E-state index in [1.807, 2.05) is 6.07 Å². The Labute approximate surface area is 132 Å². The summed E-state index contributed by atoms with van der Waals surface area (Å²) in [6.45, 7) is 4.41. The van der Waals surface area contributed by atoms with Gasteiger partial charge in [0.25, 0.3) is 0 Å². The van der Waals surface area contributed by atoms with Gasteiger partial charge in [-0.2, -0.15) is 0 Å². The Bertz CT molecular complexity index is 520. The highest BCUT2D eigenvalue weighted by Crippen LogP contribution is 2.25. The van der Waals surface area contributed by atoms with E-state index in [-0.39, 0.29) is 0 Å². The Morgan fingerprint density at radius 1 is 1.24 bits per heavy atom. The highest BCUT2D eigenvalue weighted by molar-refractivity contribution is 7.91. The molecule has 0 unspecified atom stereocenters. The second-order valence-corrected chi connectivity index (χ2v) is 8.92. The quantitative estimate of drug-likeness (QED) is 0.720. The van der Waals surface area contributed by atoms with Crippen LogP contribution >= 0.6 is 11.3 Å². The summed E-state index contributed by atoms with van der Waals surface area (Å²) in [4.78, 5) is 1.07. The fourth-order valence-corrected chi connectivity index (χ4v) is 5.16. The molecule has 0 amide bonds. The summed E-state index contributed by atoms with van der Waals surface area (Å²) < 4.78 is 27.8. The van der Waals surface area contributed by atoms with E-state index in [1.54, 1.807) is 6.07 Å². The molecule has 0 atom stereocenters. The van der Waals surface area contributed by atoms with Gasteiger partial charge in [0.1, 0.15) is 4.21 Å². The highest BCUT2D eigenvalue weighted by atomic mass is 32.2. The minimum absolute atomic E-state index is 0.437. The van der Waals surface area contributed by atoms with Crippen molar-refractivity contribution in [3.05, 3.63) is 17.0 Å². The fraction of sp³-hybridized carbons (Fsp3) is 0.733. The molecule has 1 fully saturated rings. The number of sulfonamides is 1. The molecule has 0 spiro atoms. The van der Waals surface area contributed by atoms with E-state index in [0.717, 1.165) is 37.2 Å². The molecule has 1 saturated carbocycles. The van der Waals surface area contributed by atoms with Crippen LogP contribution in [0, 0.1) is 5.92 Å². The van der Waals surface area contributed by atoms with Gasteiger partial charge < -0.3 is 5.32 Å². The van der Waals surface area contributed by atoms with Crippen LogP contribution in [0.15, 0.2) is 16.3 Å². The van der Waals surface area contributed by atoms with E-state index in [2.05, 4.69) is 17.0 Å². The maximum atomic E-state index is 12.3. The van der Waals surface area contributed by atoms with Gasteiger partial charge in [-0.1, -0.05) is 26.2 Å². The van der Waals surface area contributed by atoms with Crippen molar-refractivity contribution in [1.82, 2.24) is 10.0 Å². The van der Waals surface area contributed by atoms with Gasteiger partial charge in [-0.05, 0) is 43.9 Å². The molecule has 120 valence electrons. The van der Waals surface area contributed by atoms with Crippen molar-refractivity contribution in [2.24, 2.45) is 5.92 Å². The molecule has 2 N–H and O–H groups in total. The van der Waals surface area contributed by atoms with Crippen LogP contribution < -0.4 is 10.0 Å². The van der Waals surface area contributed by atoms with Gasteiger partial charge in [0.2, 0.25) is 10.0 Å². The molecule has 0 aromatic carbocycles. The second kappa shape index (κ2) is 8.27. The zero-order valence-electron chi connectivity index (χ0n) is 12.7. The van der Waals surface area contributed by atoms with E-state index in [1.165, 1.54) is 30.6 Å². The van der Waals surface area contributed by atoms with Crippen LogP contribution in [-0.4, -0.2) is 21.5 Å². The molecule has 0 aliphatic heterocycles. The standard InChI is InChI=1S/C15H26N2O2S2/c1-2-10-16-12-14-8-9-15(20-14)21(18,19)17-11-13-6-4-3-5-7-13/h8-9,13,16-17H,2-7,10-12H2,1H3. The molecule has 21 heavy (non-hydrogen) atoms. The molecule has 1 aromatic heterocycles. The Balaban J connectivity index is 1.86. The summed E-state index contributed by atoms with van der Waals surface area (Å²) in [5.41, 5.74) is 0. The lowest BCUT2D eigenvalue weighted by atomic mass is 9.90. The number of thiophene rings is 1. The smallest absolute Gasteiger partial charge is 0.250 e. The maximum Gasteiger partial charge on any atom is 0.250 e. The molecule has 1 aliphatic rings. The Morgan fingerprint density at radius 3 is 2.71 bits per heavy atom. The minimum Gasteiger partial charge on any atom is -0.312 e. The topological polar surface area (TPSA) is 58.2 Å². The van der Waals surface area contributed by atoms with Gasteiger partial charge in [-0.3, -0.25) is 0 Å². The predicted octanol–water partition coefficient (Wildman–Crippen LogP) is 3.11. The van der Waals surface area contributed by atoms with E-state index in [9.17, 15) is 8.42 Å². The summed E-state index contributed by atoms with van der Waals surface area (Å²) in [7, 11) is -3.33. The van der Waals surface area contributed by atoms with E-state index in [0.29, 0.717) is 16.7 Å². The van der Waals surface area contributed by atoms with Gasteiger partial charge >= 0.3 is 0 Å². The van der Waals surface area contributed by atoms with Crippen molar-refractivity contribution in [2.45, 2.75) is 56.2 Å². The first-order valence-electron chi connectivity index (χ1n) is 7.91. The van der Waals surface area contributed by atoms with Crippen LogP contribution in [-0.2, 0) is 16.6 Å². The van der Waals surface area contributed by atoms with Crippen LogP contribution in [0.1, 0.15) is 50.3 Å². The van der Waals surface area contributed by atoms with Crippen molar-refractivity contribution in [3.8, 4) is 0 Å². The lowest BCUT2D eigenvalue weighted by molar-refractivity contribution is 0.357. The van der Waals surface area contributed by atoms with Crippen molar-refractivity contribution in [3.63, 3.8) is 0 Å². The summed E-state index contributed by atoms with van der Waals surface area (Å²) >= 11 is 1.36. The van der Waals surface area contributed by atoms with Crippen LogP contribution in [0.5, 0.6) is 0 Å². The third-order valence-corrected chi connectivity index (χ3v) is 6.92. The van der Waals surface area contributed by atoms with Gasteiger partial charge in [0.15, 0.2) is 0 Å². The lowest BCUT2D eigenvalue weighted by Gasteiger charge is -2.21. The van der Waals surface area contributed by atoms with Crippen LogP contribution in [0.2, 0.25) is 0 Å². The number of rotatable bonds is 8. The molecule has 0 saturated heterocycles. The molecular formula is C15H26N2O2S2. The Kier molecular flexibility index (Phi) is 6.67. The van der Waals surface area contributed by atoms with Gasteiger partial charge in [0.05, 0.1) is 0 Å². The largest absolute Gasteiger partial charge is 0.312 e. The third-order valence-electron chi connectivity index (χ3n) is 3.91. The zero-order chi connectivity index (χ0) is 15.1. The highest BCUT2D eigenvalue weighted by Gasteiger charge is 2.20. The van der Waals surface area contributed by atoms with Gasteiger partial charge in [-0.15, -0.1) is 11.3 Å². The number of nitrogens with one attached hydrogen (secondary N) is 2. The molecule has 0 radical (unpaired) electrons. The van der Waals surface area contributed by atoms with E-state index >= 15 is 0 Å². The summed E-state index contributed by atoms with van der Waals surface area (Å²) in [5, 5.41) is 3.30. The number of hydrogen-bond donors (Lipinski definition) is 2. The SMILES string of the molecule is CCCNCc1ccc(S(=O)(=O)NCC2CCCCC2)s1. The van der Waals surface area contributed by atoms with Gasteiger partial charge in [-0.25, -0.2) is 13.1 Å². The average molecular weight is 331 g/mol. The van der Waals surface area contributed by atoms with Crippen LogP contribution in [0.25, 0.3) is 0 Å². The van der Waals surface area contributed by atoms with E-state index < -0.39 is 10.0 Å². The summed E-state index contributed by atoms with van der Waals surface area (Å²) in [5.74, 6) is 0.513. The normalized spacial score (nSPS) is 17.2. The maximum absolute atomic E-state index is 12.3. The predicted molar refractivity (Wildman–Crippen MR) is 88.1 cm³/mol. The first kappa shape index (κ1) is 16.9. The minimum atomic E-state index is -3.33. The fourth-order valence-electron chi connectivity index (χ4n) is 2.68. The average Bonchev–Trinajstić information content (AvgIpc) is 2.96. The second-order valence-electron chi connectivity index (χ2n) is 5.75. The molecule has 1 aliphatic carbocycles. The van der Waals surface area contributed by atoms with Crippen LogP contribution in [0.4, 0.5) is 0 Å². The van der Waals surface area contributed by atoms with E-state index in [4.69, 9.17) is 0 Å². The van der Waals surface area contributed by atoms with Crippen molar-refractivity contribution in [1.29, 1.82) is 0 Å². The zero-order valence-corrected chi connectivity index (χ0v) is 14.4.